The number of aldehydes is 1. The van der Waals surface area contributed by atoms with E-state index in [-0.39, 0.29) is 0 Å². The van der Waals surface area contributed by atoms with Crippen LogP contribution in [0.15, 0.2) is 35.3 Å². The molecule has 1 aromatic rings. The number of benzene rings is 1. The zero-order valence-corrected chi connectivity index (χ0v) is 8.54. The molecule has 0 amide bonds. The molecule has 70 valence electrons. The van der Waals surface area contributed by atoms with Gasteiger partial charge in [-0.25, -0.2) is 0 Å². The highest BCUT2D eigenvalue weighted by molar-refractivity contribution is 7.78. The molecule has 0 radical (unpaired) electrons. The van der Waals surface area contributed by atoms with Crippen molar-refractivity contribution >= 4 is 34.9 Å². The third-order valence-corrected chi connectivity index (χ3v) is 1.90. The summed E-state index contributed by atoms with van der Waals surface area (Å²) in [6.45, 7) is 1.85. The van der Waals surface area contributed by atoms with Crippen molar-refractivity contribution in [3.05, 3.63) is 35.9 Å². The lowest BCUT2D eigenvalue weighted by atomic mass is 10.1. The summed E-state index contributed by atoms with van der Waals surface area (Å²) >= 11 is 4.54. The number of allylic oxidation sites excluding steroid dienone is 2. The van der Waals surface area contributed by atoms with Crippen LogP contribution in [0.5, 0.6) is 0 Å². The quantitative estimate of drug-likeness (QED) is 0.327. The Labute approximate surface area is 88.0 Å². The molecule has 0 bridgehead atoms. The maximum atomic E-state index is 10.3. The average Bonchev–Trinajstić information content (AvgIpc) is 2.19. The summed E-state index contributed by atoms with van der Waals surface area (Å²) in [6, 6.07) is 7.47. The van der Waals surface area contributed by atoms with Gasteiger partial charge >= 0.3 is 0 Å². The monoisotopic (exact) mass is 203 g/mol. The molecular formula is C11H9NOS. The molecule has 0 saturated heterocycles. The number of nitrogens with zero attached hydrogens (tertiary/aromatic N) is 1. The average molecular weight is 203 g/mol. The van der Waals surface area contributed by atoms with Crippen molar-refractivity contribution in [2.24, 2.45) is 4.99 Å². The van der Waals surface area contributed by atoms with E-state index in [1.165, 1.54) is 6.08 Å². The molecule has 0 saturated carbocycles. The molecular weight excluding hydrogens is 194 g/mol. The van der Waals surface area contributed by atoms with Crippen LogP contribution in [-0.2, 0) is 4.79 Å². The van der Waals surface area contributed by atoms with E-state index < -0.39 is 0 Å². The lowest BCUT2D eigenvalue weighted by Gasteiger charge is -2.02. The van der Waals surface area contributed by atoms with E-state index >= 15 is 0 Å². The molecule has 1 aromatic carbocycles. The number of thiocarbonyl (C=S) groups is 1. The highest BCUT2D eigenvalue weighted by atomic mass is 32.1. The first-order valence-electron chi connectivity index (χ1n) is 4.09. The van der Waals surface area contributed by atoms with Gasteiger partial charge in [0.1, 0.15) is 6.29 Å². The topological polar surface area (TPSA) is 29.4 Å². The summed E-state index contributed by atoms with van der Waals surface area (Å²) in [7, 11) is 0. The molecule has 2 nitrogen and oxygen atoms in total. The highest BCUT2D eigenvalue weighted by Crippen LogP contribution is 2.24. The van der Waals surface area contributed by atoms with Crippen molar-refractivity contribution < 1.29 is 4.79 Å². The van der Waals surface area contributed by atoms with Crippen molar-refractivity contribution in [1.29, 1.82) is 0 Å². The lowest BCUT2D eigenvalue weighted by Crippen LogP contribution is -1.80. The van der Waals surface area contributed by atoms with E-state index in [1.807, 2.05) is 31.2 Å². The first kappa shape index (κ1) is 10.5. The van der Waals surface area contributed by atoms with Crippen molar-refractivity contribution in [2.45, 2.75) is 6.92 Å². The van der Waals surface area contributed by atoms with Gasteiger partial charge < -0.3 is 0 Å². The molecule has 0 aromatic heterocycles. The molecule has 0 aliphatic heterocycles. The molecule has 14 heavy (non-hydrogen) atoms. The summed E-state index contributed by atoms with van der Waals surface area (Å²) in [6.07, 6.45) is 2.25. The Bertz CT molecular complexity index is 417. The van der Waals surface area contributed by atoms with Gasteiger partial charge in [0.25, 0.3) is 0 Å². The summed E-state index contributed by atoms with van der Waals surface area (Å²) < 4.78 is 0. The van der Waals surface area contributed by atoms with Crippen LogP contribution >= 0.6 is 12.2 Å². The van der Waals surface area contributed by atoms with Crippen LogP contribution in [0.4, 0.5) is 5.69 Å². The normalized spacial score (nSPS) is 10.5. The maximum Gasteiger partial charge on any atom is 0.143 e. The molecule has 3 heteroatoms. The summed E-state index contributed by atoms with van der Waals surface area (Å²) in [4.78, 5) is 14.2. The van der Waals surface area contributed by atoms with Crippen LogP contribution in [0.25, 0.3) is 5.57 Å². The SMILES string of the molecule is C/C(=C\C=O)c1ccccc1N=C=S. The minimum Gasteiger partial charge on any atom is -0.299 e. The van der Waals surface area contributed by atoms with Gasteiger partial charge in [0.05, 0.1) is 10.8 Å². The van der Waals surface area contributed by atoms with Crippen molar-refractivity contribution in [3.8, 4) is 0 Å². The number of aliphatic imine (C=N–C) groups is 1. The van der Waals surface area contributed by atoms with Gasteiger partial charge in [-0.05, 0) is 36.9 Å². The van der Waals surface area contributed by atoms with Gasteiger partial charge in [-0.2, -0.15) is 4.99 Å². The van der Waals surface area contributed by atoms with Crippen LogP contribution < -0.4 is 0 Å². The zero-order chi connectivity index (χ0) is 10.4. The Hall–Kier alpha value is -1.57. The Morgan fingerprint density at radius 2 is 2.21 bits per heavy atom. The Kier molecular flexibility index (Phi) is 3.92. The van der Waals surface area contributed by atoms with Gasteiger partial charge in [-0.3, -0.25) is 4.79 Å². The Balaban J connectivity index is 3.25. The minimum absolute atomic E-state index is 0.734. The first-order chi connectivity index (χ1) is 6.79. The van der Waals surface area contributed by atoms with Crippen LogP contribution in [0, 0.1) is 0 Å². The second-order valence-corrected chi connectivity index (χ2v) is 2.89. The van der Waals surface area contributed by atoms with E-state index in [1.54, 1.807) is 0 Å². The predicted molar refractivity (Wildman–Crippen MR) is 60.8 cm³/mol. The fourth-order valence-corrected chi connectivity index (χ4v) is 1.24. The van der Waals surface area contributed by atoms with E-state index in [9.17, 15) is 4.79 Å². The zero-order valence-electron chi connectivity index (χ0n) is 7.73. The molecule has 0 spiro atoms. The van der Waals surface area contributed by atoms with Gasteiger partial charge in [0.2, 0.25) is 0 Å². The number of isothiocyanates is 1. The predicted octanol–water partition coefficient (Wildman–Crippen LogP) is 3.02. The van der Waals surface area contributed by atoms with Gasteiger partial charge in [-0.1, -0.05) is 18.2 Å². The minimum atomic E-state index is 0.734. The fourth-order valence-electron chi connectivity index (χ4n) is 1.15. The summed E-state index contributed by atoms with van der Waals surface area (Å²) in [5.41, 5.74) is 2.50. The van der Waals surface area contributed by atoms with Crippen molar-refractivity contribution in [2.75, 3.05) is 0 Å². The van der Waals surface area contributed by atoms with E-state index in [4.69, 9.17) is 0 Å². The van der Waals surface area contributed by atoms with Crippen LogP contribution in [0.1, 0.15) is 12.5 Å². The van der Waals surface area contributed by atoms with Gasteiger partial charge in [-0.15, -0.1) is 0 Å². The largest absolute Gasteiger partial charge is 0.299 e. The van der Waals surface area contributed by atoms with Crippen molar-refractivity contribution in [1.82, 2.24) is 0 Å². The summed E-state index contributed by atoms with van der Waals surface area (Å²) in [5.74, 6) is 0. The standard InChI is InChI=1S/C11H9NOS/c1-9(6-7-13)10-4-2-3-5-11(10)12-8-14/h2-7H,1H3/b9-6+. The van der Waals surface area contributed by atoms with Gasteiger partial charge in [0.15, 0.2) is 0 Å². The lowest BCUT2D eigenvalue weighted by molar-refractivity contribution is -0.104. The van der Waals surface area contributed by atoms with Crippen molar-refractivity contribution in [3.63, 3.8) is 0 Å². The molecule has 0 N–H and O–H groups in total. The van der Waals surface area contributed by atoms with E-state index in [2.05, 4.69) is 22.4 Å². The number of rotatable bonds is 3. The number of hydrogen-bond donors (Lipinski definition) is 0. The van der Waals surface area contributed by atoms with E-state index in [0.717, 1.165) is 23.1 Å². The molecule has 0 unspecified atom stereocenters. The number of carbonyl (C=O) groups excluding carboxylic acids is 1. The number of carbonyl (C=O) groups is 1. The smallest absolute Gasteiger partial charge is 0.143 e. The third kappa shape index (κ3) is 2.46. The molecule has 0 aliphatic carbocycles. The Morgan fingerprint density at radius 3 is 2.86 bits per heavy atom. The third-order valence-electron chi connectivity index (χ3n) is 1.81. The fraction of sp³-hybridized carbons (Fsp3) is 0.0909. The van der Waals surface area contributed by atoms with Crippen LogP contribution in [0.2, 0.25) is 0 Å². The maximum absolute atomic E-state index is 10.3. The Morgan fingerprint density at radius 1 is 1.50 bits per heavy atom. The highest BCUT2D eigenvalue weighted by Gasteiger charge is 2.00. The first-order valence-corrected chi connectivity index (χ1v) is 4.49. The molecule has 1 rings (SSSR count). The number of para-hydroxylation sites is 1. The second kappa shape index (κ2) is 5.22. The number of hydrogen-bond acceptors (Lipinski definition) is 3. The summed E-state index contributed by atoms with van der Waals surface area (Å²) in [5, 5.41) is 2.31. The van der Waals surface area contributed by atoms with Crippen LogP contribution in [0.3, 0.4) is 0 Å². The van der Waals surface area contributed by atoms with Crippen LogP contribution in [-0.4, -0.2) is 11.4 Å². The molecule has 0 atom stereocenters. The van der Waals surface area contributed by atoms with E-state index in [0.29, 0.717) is 0 Å². The van der Waals surface area contributed by atoms with Gasteiger partial charge in [0, 0.05) is 5.56 Å². The molecule has 0 aliphatic rings. The molecule has 0 fully saturated rings. The second-order valence-electron chi connectivity index (χ2n) is 2.71. The molecule has 0 heterocycles.